The van der Waals surface area contributed by atoms with Gasteiger partial charge in [0.1, 0.15) is 5.76 Å². The van der Waals surface area contributed by atoms with Gasteiger partial charge in [0, 0.05) is 5.56 Å². The maximum Gasteiger partial charge on any atom is 0.123 e. The van der Waals surface area contributed by atoms with Crippen LogP contribution in [0.1, 0.15) is 54.4 Å². The summed E-state index contributed by atoms with van der Waals surface area (Å²) in [5.41, 5.74) is 6.27. The third-order valence-corrected chi connectivity index (χ3v) is 6.20. The Morgan fingerprint density at radius 1 is 0.857 bits per heavy atom. The van der Waals surface area contributed by atoms with Crippen LogP contribution in [0.5, 0.6) is 0 Å². The first-order valence-corrected chi connectivity index (χ1v) is 8.54. The van der Waals surface area contributed by atoms with Crippen molar-refractivity contribution in [3.8, 4) is 0 Å². The zero-order valence-electron chi connectivity index (χ0n) is 13.4. The predicted molar refractivity (Wildman–Crippen MR) is 87.2 cm³/mol. The summed E-state index contributed by atoms with van der Waals surface area (Å²) in [5.74, 6) is 3.87. The van der Waals surface area contributed by atoms with Crippen molar-refractivity contribution in [2.45, 2.75) is 52.9 Å². The second-order valence-corrected chi connectivity index (χ2v) is 7.88. The van der Waals surface area contributed by atoms with E-state index in [0.29, 0.717) is 17.6 Å². The lowest BCUT2D eigenvalue weighted by atomic mass is 9.54. The minimum atomic E-state index is 0.638. The summed E-state index contributed by atoms with van der Waals surface area (Å²) in [6.07, 6.45) is 6.78. The molecule has 1 aromatic rings. The normalized spacial score (nSPS) is 33.6. The molecule has 1 aromatic carbocycles. The number of benzene rings is 1. The molecular formula is C20H26O. The van der Waals surface area contributed by atoms with Crippen LogP contribution in [0.3, 0.4) is 0 Å². The number of allylic oxidation sites excluding steroid dienone is 1. The molecule has 5 rings (SSSR count). The van der Waals surface area contributed by atoms with Crippen molar-refractivity contribution < 1.29 is 5.11 Å². The van der Waals surface area contributed by atoms with Gasteiger partial charge in [-0.25, -0.2) is 0 Å². The van der Waals surface area contributed by atoms with E-state index in [2.05, 4.69) is 32.9 Å². The van der Waals surface area contributed by atoms with Crippen LogP contribution >= 0.6 is 0 Å². The third-order valence-electron chi connectivity index (χ3n) is 6.20. The van der Waals surface area contributed by atoms with Crippen LogP contribution in [-0.2, 0) is 0 Å². The summed E-state index contributed by atoms with van der Waals surface area (Å²) in [6, 6.07) is 4.41. The Hall–Kier alpha value is -1.24. The fraction of sp³-hybridized carbons (Fsp3) is 0.600. The fourth-order valence-corrected chi connectivity index (χ4v) is 5.78. The van der Waals surface area contributed by atoms with Gasteiger partial charge in [-0.2, -0.15) is 0 Å². The molecule has 0 amide bonds. The zero-order valence-corrected chi connectivity index (χ0v) is 13.4. The van der Waals surface area contributed by atoms with Gasteiger partial charge >= 0.3 is 0 Å². The van der Waals surface area contributed by atoms with E-state index in [0.717, 1.165) is 17.4 Å². The largest absolute Gasteiger partial charge is 0.507 e. The molecule has 1 N–H and O–H groups in total. The van der Waals surface area contributed by atoms with E-state index in [-0.39, 0.29) is 0 Å². The summed E-state index contributed by atoms with van der Waals surface area (Å²) < 4.78 is 0. The van der Waals surface area contributed by atoms with Crippen LogP contribution in [0.4, 0.5) is 0 Å². The number of aliphatic hydroxyl groups is 1. The number of hydrogen-bond donors (Lipinski definition) is 1. The maximum absolute atomic E-state index is 11.1. The molecule has 0 atom stereocenters. The van der Waals surface area contributed by atoms with Gasteiger partial charge in [-0.1, -0.05) is 17.7 Å². The average Bonchev–Trinajstić information content (AvgIpc) is 2.35. The molecule has 4 aliphatic carbocycles. The van der Waals surface area contributed by atoms with E-state index in [4.69, 9.17) is 0 Å². The van der Waals surface area contributed by atoms with Crippen LogP contribution in [0.25, 0.3) is 5.76 Å². The molecule has 4 saturated carbocycles. The standard InChI is InChI=1S/C20H26O/c1-11-4-12(2)18(13(3)5-11)20(21)19-16-7-14-6-15(9-16)10-17(19)8-14/h4-5,14-17,21H,6-10H2,1-3H3. The minimum absolute atomic E-state index is 0.638. The first kappa shape index (κ1) is 13.4. The molecule has 21 heavy (non-hydrogen) atoms. The summed E-state index contributed by atoms with van der Waals surface area (Å²) in [6.45, 7) is 6.42. The molecule has 4 bridgehead atoms. The maximum atomic E-state index is 11.1. The average molecular weight is 282 g/mol. The van der Waals surface area contributed by atoms with Crippen molar-refractivity contribution in [2.75, 3.05) is 0 Å². The Morgan fingerprint density at radius 3 is 1.81 bits per heavy atom. The van der Waals surface area contributed by atoms with Crippen molar-refractivity contribution in [1.82, 2.24) is 0 Å². The smallest absolute Gasteiger partial charge is 0.123 e. The monoisotopic (exact) mass is 282 g/mol. The molecule has 4 fully saturated rings. The van der Waals surface area contributed by atoms with Gasteiger partial charge in [0.2, 0.25) is 0 Å². The summed E-state index contributed by atoms with van der Waals surface area (Å²) in [5, 5.41) is 11.1. The van der Waals surface area contributed by atoms with Crippen molar-refractivity contribution in [3.05, 3.63) is 40.0 Å². The van der Waals surface area contributed by atoms with Crippen LogP contribution in [0.2, 0.25) is 0 Å². The highest BCUT2D eigenvalue weighted by Crippen LogP contribution is 2.57. The highest BCUT2D eigenvalue weighted by molar-refractivity contribution is 5.69. The molecule has 112 valence electrons. The summed E-state index contributed by atoms with van der Waals surface area (Å²) in [7, 11) is 0. The van der Waals surface area contributed by atoms with Gasteiger partial charge in [-0.05, 0) is 93.2 Å². The minimum Gasteiger partial charge on any atom is -0.507 e. The third kappa shape index (κ3) is 2.05. The lowest BCUT2D eigenvalue weighted by Gasteiger charge is -2.51. The van der Waals surface area contributed by atoms with Gasteiger partial charge in [0.25, 0.3) is 0 Å². The highest BCUT2D eigenvalue weighted by atomic mass is 16.3. The quantitative estimate of drug-likeness (QED) is 0.690. The first-order valence-electron chi connectivity index (χ1n) is 8.54. The molecule has 0 saturated heterocycles. The van der Waals surface area contributed by atoms with Gasteiger partial charge in [-0.3, -0.25) is 0 Å². The molecule has 0 unspecified atom stereocenters. The molecule has 0 spiro atoms. The highest BCUT2D eigenvalue weighted by Gasteiger charge is 2.46. The summed E-state index contributed by atoms with van der Waals surface area (Å²) in [4.78, 5) is 0. The molecule has 4 aliphatic rings. The van der Waals surface area contributed by atoms with Crippen LogP contribution in [0.15, 0.2) is 17.7 Å². The Labute approximate surface area is 128 Å². The van der Waals surface area contributed by atoms with Crippen LogP contribution in [0, 0.1) is 44.4 Å². The molecule has 0 radical (unpaired) electrons. The fourth-order valence-electron chi connectivity index (χ4n) is 5.78. The van der Waals surface area contributed by atoms with Gasteiger partial charge < -0.3 is 5.11 Å². The Kier molecular flexibility index (Phi) is 2.96. The lowest BCUT2D eigenvalue weighted by molar-refractivity contribution is 0.0683. The van der Waals surface area contributed by atoms with E-state index < -0.39 is 0 Å². The molecule has 1 heteroatoms. The van der Waals surface area contributed by atoms with Crippen molar-refractivity contribution >= 4 is 5.76 Å². The van der Waals surface area contributed by atoms with E-state index in [1.54, 1.807) is 0 Å². The summed E-state index contributed by atoms with van der Waals surface area (Å²) >= 11 is 0. The van der Waals surface area contributed by atoms with Crippen LogP contribution < -0.4 is 0 Å². The second-order valence-electron chi connectivity index (χ2n) is 7.88. The van der Waals surface area contributed by atoms with Crippen molar-refractivity contribution in [1.29, 1.82) is 0 Å². The number of aliphatic hydroxyl groups excluding tert-OH is 1. The molecule has 0 heterocycles. The zero-order chi connectivity index (χ0) is 14.7. The Bertz CT molecular complexity index is 570. The molecule has 0 aromatic heterocycles. The van der Waals surface area contributed by atoms with Crippen molar-refractivity contribution in [2.24, 2.45) is 23.7 Å². The second kappa shape index (κ2) is 4.63. The number of hydrogen-bond acceptors (Lipinski definition) is 1. The van der Waals surface area contributed by atoms with E-state index in [1.165, 1.54) is 54.4 Å². The Morgan fingerprint density at radius 2 is 1.33 bits per heavy atom. The molecular weight excluding hydrogens is 256 g/mol. The van der Waals surface area contributed by atoms with Crippen molar-refractivity contribution in [3.63, 3.8) is 0 Å². The predicted octanol–water partition coefficient (Wildman–Crippen LogP) is 5.34. The molecule has 0 aliphatic heterocycles. The van der Waals surface area contributed by atoms with Gasteiger partial charge in [-0.15, -0.1) is 0 Å². The van der Waals surface area contributed by atoms with Crippen LogP contribution in [-0.4, -0.2) is 5.11 Å². The van der Waals surface area contributed by atoms with Gasteiger partial charge in [0.15, 0.2) is 0 Å². The first-order chi connectivity index (χ1) is 10.0. The van der Waals surface area contributed by atoms with E-state index >= 15 is 0 Å². The van der Waals surface area contributed by atoms with E-state index in [1.807, 2.05) is 0 Å². The van der Waals surface area contributed by atoms with Gasteiger partial charge in [0.05, 0.1) is 0 Å². The Balaban J connectivity index is 1.82. The topological polar surface area (TPSA) is 20.2 Å². The number of rotatable bonds is 1. The number of aryl methyl sites for hydroxylation is 3. The molecule has 1 nitrogen and oxygen atoms in total. The van der Waals surface area contributed by atoms with E-state index in [9.17, 15) is 5.11 Å². The SMILES string of the molecule is Cc1cc(C)c(C(O)=C2C3CC4CC(C3)CC2C4)c(C)c1. The lowest BCUT2D eigenvalue weighted by Crippen LogP contribution is -2.40.